The summed E-state index contributed by atoms with van der Waals surface area (Å²) in [6.45, 7) is 8.36. The Bertz CT molecular complexity index is 476. The van der Waals surface area contributed by atoms with Crippen molar-refractivity contribution in [1.82, 2.24) is 10.6 Å². The Labute approximate surface area is 138 Å². The largest absolute Gasteiger partial charge is 0.383 e. The molecule has 4 nitrogen and oxygen atoms in total. The molecule has 124 valence electrons. The Hall–Kier alpha value is -1.07. The van der Waals surface area contributed by atoms with Crippen molar-refractivity contribution in [1.29, 1.82) is 0 Å². The van der Waals surface area contributed by atoms with Gasteiger partial charge in [0.05, 0.1) is 6.54 Å². The van der Waals surface area contributed by atoms with Crippen molar-refractivity contribution in [3.05, 3.63) is 22.4 Å². The minimum absolute atomic E-state index is 0.361. The lowest BCUT2D eigenvalue weighted by Crippen LogP contribution is -2.43. The van der Waals surface area contributed by atoms with Gasteiger partial charge in [-0.25, -0.2) is 4.99 Å². The molecule has 5 heteroatoms. The van der Waals surface area contributed by atoms with Gasteiger partial charge in [0.2, 0.25) is 0 Å². The van der Waals surface area contributed by atoms with Gasteiger partial charge in [0.25, 0.3) is 0 Å². The van der Waals surface area contributed by atoms with E-state index < -0.39 is 5.60 Å². The number of thiophene rings is 1. The van der Waals surface area contributed by atoms with Gasteiger partial charge in [-0.2, -0.15) is 0 Å². The Morgan fingerprint density at radius 1 is 1.41 bits per heavy atom. The Kier molecular flexibility index (Phi) is 5.87. The summed E-state index contributed by atoms with van der Waals surface area (Å²) in [5.41, 5.74) is -0.528. The molecule has 0 radical (unpaired) electrons. The number of aliphatic hydroxyl groups is 1. The van der Waals surface area contributed by atoms with Crippen LogP contribution in [0.2, 0.25) is 0 Å². The number of guanidine groups is 1. The van der Waals surface area contributed by atoms with E-state index in [1.54, 1.807) is 11.3 Å². The molecule has 0 aromatic carbocycles. The molecule has 0 amide bonds. The summed E-state index contributed by atoms with van der Waals surface area (Å²) in [6.07, 6.45) is 5.23. The first-order chi connectivity index (χ1) is 10.5. The maximum atomic E-state index is 10.6. The van der Waals surface area contributed by atoms with Gasteiger partial charge in [0.15, 0.2) is 5.96 Å². The molecule has 1 aromatic rings. The summed E-state index contributed by atoms with van der Waals surface area (Å²) in [4.78, 5) is 5.54. The molecule has 1 aliphatic carbocycles. The van der Waals surface area contributed by atoms with Gasteiger partial charge in [-0.1, -0.05) is 25.8 Å². The van der Waals surface area contributed by atoms with Crippen molar-refractivity contribution in [2.24, 2.45) is 10.4 Å². The second-order valence-electron chi connectivity index (χ2n) is 6.82. The zero-order valence-corrected chi connectivity index (χ0v) is 14.8. The van der Waals surface area contributed by atoms with Crippen molar-refractivity contribution in [2.75, 3.05) is 19.6 Å². The van der Waals surface area contributed by atoms with E-state index in [-0.39, 0.29) is 0 Å². The maximum Gasteiger partial charge on any atom is 0.191 e. The van der Waals surface area contributed by atoms with E-state index in [1.807, 2.05) is 24.4 Å². The fourth-order valence-corrected chi connectivity index (χ4v) is 3.72. The second kappa shape index (κ2) is 7.47. The second-order valence-corrected chi connectivity index (χ2v) is 7.77. The topological polar surface area (TPSA) is 56.7 Å². The molecule has 3 N–H and O–H groups in total. The minimum Gasteiger partial charge on any atom is -0.383 e. The van der Waals surface area contributed by atoms with Crippen molar-refractivity contribution in [3.8, 4) is 0 Å². The van der Waals surface area contributed by atoms with Crippen LogP contribution >= 0.6 is 11.3 Å². The molecule has 1 heterocycles. The standard InChI is InChI=1S/C17H29N3OS/c1-4-18-15(19-12-16(2)9-5-6-10-16)20-13-17(3,21)14-8-7-11-22-14/h7-8,11,21H,4-6,9-10,12-13H2,1-3H3,(H2,18,19,20). The first kappa shape index (κ1) is 17.3. The number of hydrogen-bond donors (Lipinski definition) is 3. The van der Waals surface area contributed by atoms with Crippen LogP contribution in [0.1, 0.15) is 51.3 Å². The average molecular weight is 324 g/mol. The predicted molar refractivity (Wildman–Crippen MR) is 94.4 cm³/mol. The van der Waals surface area contributed by atoms with E-state index in [1.165, 1.54) is 25.7 Å². The Balaban J connectivity index is 1.94. The van der Waals surface area contributed by atoms with E-state index in [2.05, 4.69) is 29.5 Å². The molecular weight excluding hydrogens is 294 g/mol. The summed E-state index contributed by atoms with van der Waals surface area (Å²) >= 11 is 1.57. The monoisotopic (exact) mass is 323 g/mol. The van der Waals surface area contributed by atoms with Crippen molar-refractivity contribution < 1.29 is 5.11 Å². The third kappa shape index (κ3) is 4.71. The third-order valence-corrected chi connectivity index (χ3v) is 5.56. The fourth-order valence-electron chi connectivity index (χ4n) is 2.94. The van der Waals surface area contributed by atoms with Crippen LogP contribution in [0.3, 0.4) is 0 Å². The van der Waals surface area contributed by atoms with Gasteiger partial charge in [-0.15, -0.1) is 11.3 Å². The number of hydrogen-bond acceptors (Lipinski definition) is 3. The van der Waals surface area contributed by atoms with E-state index in [0.717, 1.165) is 23.9 Å². The van der Waals surface area contributed by atoms with Crippen molar-refractivity contribution in [2.45, 2.75) is 52.1 Å². The molecule has 1 unspecified atom stereocenters. The number of nitrogens with zero attached hydrogens (tertiary/aromatic N) is 1. The SMILES string of the molecule is CCNC(=NCC(C)(O)c1cccs1)NCC1(C)CCCC1. The zero-order chi connectivity index (χ0) is 16.1. The number of rotatable bonds is 6. The summed E-state index contributed by atoms with van der Waals surface area (Å²) in [6, 6.07) is 3.92. The van der Waals surface area contributed by atoms with Crippen LogP contribution in [0.25, 0.3) is 0 Å². The van der Waals surface area contributed by atoms with Crippen LogP contribution in [0.5, 0.6) is 0 Å². The molecule has 1 aromatic heterocycles. The Morgan fingerprint density at radius 2 is 2.14 bits per heavy atom. The molecule has 1 fully saturated rings. The highest BCUT2D eigenvalue weighted by Crippen LogP contribution is 2.36. The summed E-state index contributed by atoms with van der Waals surface area (Å²) in [5.74, 6) is 0.799. The van der Waals surface area contributed by atoms with E-state index in [4.69, 9.17) is 0 Å². The highest BCUT2D eigenvalue weighted by atomic mass is 32.1. The molecule has 0 saturated heterocycles. The molecule has 0 spiro atoms. The normalized spacial score (nSPS) is 20.6. The number of aliphatic imine (C=N–C) groups is 1. The molecule has 0 bridgehead atoms. The van der Waals surface area contributed by atoms with Crippen molar-refractivity contribution >= 4 is 17.3 Å². The average Bonchev–Trinajstić information content (AvgIpc) is 3.14. The molecule has 0 aliphatic heterocycles. The van der Waals surface area contributed by atoms with E-state index >= 15 is 0 Å². The van der Waals surface area contributed by atoms with Gasteiger partial charge in [0, 0.05) is 18.0 Å². The quantitative estimate of drug-likeness (QED) is 0.557. The predicted octanol–water partition coefficient (Wildman–Crippen LogP) is 3.09. The smallest absolute Gasteiger partial charge is 0.191 e. The first-order valence-electron chi connectivity index (χ1n) is 8.24. The molecule has 1 saturated carbocycles. The lowest BCUT2D eigenvalue weighted by Gasteiger charge is -2.26. The molecule has 22 heavy (non-hydrogen) atoms. The van der Waals surface area contributed by atoms with Gasteiger partial charge in [0.1, 0.15) is 5.60 Å². The molecular formula is C17H29N3OS. The summed E-state index contributed by atoms with van der Waals surface area (Å²) < 4.78 is 0. The van der Waals surface area contributed by atoms with Crippen LogP contribution in [0.15, 0.2) is 22.5 Å². The number of nitrogens with one attached hydrogen (secondary N) is 2. The highest BCUT2D eigenvalue weighted by molar-refractivity contribution is 7.10. The first-order valence-corrected chi connectivity index (χ1v) is 9.12. The lowest BCUT2D eigenvalue weighted by molar-refractivity contribution is 0.0711. The van der Waals surface area contributed by atoms with Gasteiger partial charge < -0.3 is 15.7 Å². The maximum absolute atomic E-state index is 10.6. The fraction of sp³-hybridized carbons (Fsp3) is 0.706. The summed E-state index contributed by atoms with van der Waals surface area (Å²) in [7, 11) is 0. The van der Waals surface area contributed by atoms with Crippen LogP contribution in [0, 0.1) is 5.41 Å². The molecule has 1 aliphatic rings. The van der Waals surface area contributed by atoms with Crippen LogP contribution in [0.4, 0.5) is 0 Å². The van der Waals surface area contributed by atoms with E-state index in [0.29, 0.717) is 12.0 Å². The van der Waals surface area contributed by atoms with Gasteiger partial charge in [-0.3, -0.25) is 0 Å². The third-order valence-electron chi connectivity index (χ3n) is 4.43. The van der Waals surface area contributed by atoms with Gasteiger partial charge in [-0.05, 0) is 43.6 Å². The van der Waals surface area contributed by atoms with Crippen LogP contribution in [-0.4, -0.2) is 30.7 Å². The lowest BCUT2D eigenvalue weighted by atomic mass is 9.89. The van der Waals surface area contributed by atoms with Crippen LogP contribution in [-0.2, 0) is 5.60 Å². The zero-order valence-electron chi connectivity index (χ0n) is 14.0. The summed E-state index contributed by atoms with van der Waals surface area (Å²) in [5, 5.41) is 19.3. The van der Waals surface area contributed by atoms with E-state index in [9.17, 15) is 5.11 Å². The van der Waals surface area contributed by atoms with Crippen molar-refractivity contribution in [3.63, 3.8) is 0 Å². The molecule has 1 atom stereocenters. The van der Waals surface area contributed by atoms with Gasteiger partial charge >= 0.3 is 0 Å². The molecule has 2 rings (SSSR count). The van der Waals surface area contributed by atoms with Crippen LogP contribution < -0.4 is 10.6 Å². The Morgan fingerprint density at radius 3 is 2.73 bits per heavy atom. The highest BCUT2D eigenvalue weighted by Gasteiger charge is 2.29. The minimum atomic E-state index is -0.909.